The number of likely N-dealkylation sites (tertiary alicyclic amines) is 1. The second-order valence-electron chi connectivity index (χ2n) is 7.00. The largest absolute Gasteiger partial charge is 0.338 e. The first kappa shape index (κ1) is 21.6. The van der Waals surface area contributed by atoms with Crippen LogP contribution in [0.25, 0.3) is 0 Å². The summed E-state index contributed by atoms with van der Waals surface area (Å²) in [5.41, 5.74) is 1.09. The molecule has 0 radical (unpaired) electrons. The lowest BCUT2D eigenvalue weighted by Crippen LogP contribution is -2.43. The van der Waals surface area contributed by atoms with Gasteiger partial charge in [-0.3, -0.25) is 9.59 Å². The molecule has 0 unspecified atom stereocenters. The average Bonchev–Trinajstić information content (AvgIpc) is 2.78. The van der Waals surface area contributed by atoms with Gasteiger partial charge in [0.05, 0.1) is 17.4 Å². The van der Waals surface area contributed by atoms with Gasteiger partial charge in [0.25, 0.3) is 5.91 Å². The van der Waals surface area contributed by atoms with Crippen molar-refractivity contribution < 1.29 is 18.0 Å². The Hall–Kier alpha value is -3.15. The molecule has 1 saturated heterocycles. The minimum atomic E-state index is -3.71. The van der Waals surface area contributed by atoms with Gasteiger partial charge in [0, 0.05) is 24.3 Å². The van der Waals surface area contributed by atoms with E-state index < -0.39 is 10.0 Å². The predicted octanol–water partition coefficient (Wildman–Crippen LogP) is 2.09. The van der Waals surface area contributed by atoms with Gasteiger partial charge in [-0.15, -0.1) is 6.42 Å². The van der Waals surface area contributed by atoms with Crippen molar-refractivity contribution in [3.05, 3.63) is 60.2 Å². The Morgan fingerprint density at radius 1 is 1.10 bits per heavy atom. The Morgan fingerprint density at radius 2 is 1.80 bits per heavy atom. The zero-order valence-electron chi connectivity index (χ0n) is 16.4. The highest BCUT2D eigenvalue weighted by Gasteiger charge is 2.29. The number of para-hydroxylation sites is 1. The number of carbonyl (C=O) groups excluding carboxylic acids is 2. The van der Waals surface area contributed by atoms with Gasteiger partial charge < -0.3 is 10.2 Å². The van der Waals surface area contributed by atoms with Gasteiger partial charge in [-0.25, -0.2) is 8.42 Å². The topological polar surface area (TPSA) is 95.6 Å². The second kappa shape index (κ2) is 9.57. The van der Waals surface area contributed by atoms with Crippen molar-refractivity contribution in [1.82, 2.24) is 9.62 Å². The number of piperidine rings is 1. The quantitative estimate of drug-likeness (QED) is 0.693. The first-order valence-corrected chi connectivity index (χ1v) is 11.1. The molecule has 0 bridgehead atoms. The highest BCUT2D eigenvalue weighted by molar-refractivity contribution is 7.89. The van der Waals surface area contributed by atoms with E-state index in [0.29, 0.717) is 25.1 Å². The smallest absolute Gasteiger partial charge is 0.253 e. The first-order valence-electron chi connectivity index (χ1n) is 9.59. The second-order valence-corrected chi connectivity index (χ2v) is 8.77. The van der Waals surface area contributed by atoms with Crippen LogP contribution in [-0.2, 0) is 14.8 Å². The summed E-state index contributed by atoms with van der Waals surface area (Å²) in [4.78, 5) is 27.1. The van der Waals surface area contributed by atoms with E-state index in [1.54, 1.807) is 4.90 Å². The molecule has 1 heterocycles. The Bertz CT molecular complexity index is 1040. The van der Waals surface area contributed by atoms with E-state index in [4.69, 9.17) is 6.42 Å². The lowest BCUT2D eigenvalue weighted by atomic mass is 9.96. The van der Waals surface area contributed by atoms with Crippen molar-refractivity contribution in [2.24, 2.45) is 5.92 Å². The minimum absolute atomic E-state index is 0.0352. The Balaban J connectivity index is 1.65. The van der Waals surface area contributed by atoms with E-state index in [9.17, 15) is 18.0 Å². The number of benzene rings is 2. The van der Waals surface area contributed by atoms with E-state index in [2.05, 4.69) is 16.0 Å². The molecule has 2 N–H and O–H groups in total. The number of hydrogen-bond donors (Lipinski definition) is 2. The number of terminal acetylenes is 1. The number of carbonyl (C=O) groups is 2. The Morgan fingerprint density at radius 3 is 2.47 bits per heavy atom. The van der Waals surface area contributed by atoms with Crippen LogP contribution in [0.1, 0.15) is 23.2 Å². The van der Waals surface area contributed by atoms with Crippen molar-refractivity contribution in [3.8, 4) is 12.3 Å². The molecule has 0 saturated carbocycles. The third kappa shape index (κ3) is 5.26. The molecule has 30 heavy (non-hydrogen) atoms. The van der Waals surface area contributed by atoms with Crippen molar-refractivity contribution in [3.63, 3.8) is 0 Å². The number of sulfonamides is 1. The van der Waals surface area contributed by atoms with Gasteiger partial charge in [0.1, 0.15) is 0 Å². The SMILES string of the molecule is C#CCNS(=O)(=O)c1ccc(C(=O)N2CCC[C@@H](C(=O)Nc3ccccc3)C2)cc1. The molecule has 2 amide bonds. The van der Waals surface area contributed by atoms with Crippen molar-refractivity contribution in [2.45, 2.75) is 17.7 Å². The molecule has 0 aliphatic carbocycles. The van der Waals surface area contributed by atoms with Crippen LogP contribution in [0.2, 0.25) is 0 Å². The molecule has 2 aromatic rings. The van der Waals surface area contributed by atoms with Gasteiger partial charge in [-0.05, 0) is 49.2 Å². The number of nitrogens with zero attached hydrogens (tertiary/aromatic N) is 1. The molecule has 3 rings (SSSR count). The van der Waals surface area contributed by atoms with E-state index in [-0.39, 0.29) is 29.2 Å². The molecule has 1 fully saturated rings. The lowest BCUT2D eigenvalue weighted by molar-refractivity contribution is -0.121. The number of anilines is 1. The molecule has 1 atom stereocenters. The summed E-state index contributed by atoms with van der Waals surface area (Å²) in [5.74, 6) is 1.57. The fourth-order valence-electron chi connectivity index (χ4n) is 3.32. The highest BCUT2D eigenvalue weighted by Crippen LogP contribution is 2.21. The summed E-state index contributed by atoms with van der Waals surface area (Å²) >= 11 is 0. The predicted molar refractivity (Wildman–Crippen MR) is 114 cm³/mol. The third-order valence-electron chi connectivity index (χ3n) is 4.90. The number of nitrogens with one attached hydrogen (secondary N) is 2. The van der Waals surface area contributed by atoms with Crippen LogP contribution in [-0.4, -0.2) is 44.8 Å². The van der Waals surface area contributed by atoms with Crippen LogP contribution < -0.4 is 10.0 Å². The zero-order valence-corrected chi connectivity index (χ0v) is 17.2. The molecule has 8 heteroatoms. The van der Waals surface area contributed by atoms with Gasteiger partial charge in [0.15, 0.2) is 0 Å². The molecule has 1 aliphatic heterocycles. The van der Waals surface area contributed by atoms with E-state index in [1.807, 2.05) is 30.3 Å². The monoisotopic (exact) mass is 425 g/mol. The third-order valence-corrected chi connectivity index (χ3v) is 6.31. The summed E-state index contributed by atoms with van der Waals surface area (Å²) < 4.78 is 26.5. The van der Waals surface area contributed by atoms with Crippen LogP contribution in [0.15, 0.2) is 59.5 Å². The summed E-state index contributed by atoms with van der Waals surface area (Å²) in [5, 5.41) is 2.89. The summed E-state index contributed by atoms with van der Waals surface area (Å²) in [6.45, 7) is 0.766. The molecule has 0 spiro atoms. The molecule has 156 valence electrons. The van der Waals surface area contributed by atoms with Gasteiger partial charge >= 0.3 is 0 Å². The Kier molecular flexibility index (Phi) is 6.87. The number of amides is 2. The van der Waals surface area contributed by atoms with E-state index in [1.165, 1.54) is 24.3 Å². The summed E-state index contributed by atoms with van der Waals surface area (Å²) in [7, 11) is -3.71. The van der Waals surface area contributed by atoms with E-state index >= 15 is 0 Å². The highest BCUT2D eigenvalue weighted by atomic mass is 32.2. The summed E-state index contributed by atoms with van der Waals surface area (Å²) in [6.07, 6.45) is 6.51. The van der Waals surface area contributed by atoms with Gasteiger partial charge in [-0.1, -0.05) is 24.1 Å². The molecular formula is C22H23N3O4S. The maximum Gasteiger partial charge on any atom is 0.253 e. The van der Waals surface area contributed by atoms with Gasteiger partial charge in [-0.2, -0.15) is 4.72 Å². The van der Waals surface area contributed by atoms with Crippen molar-refractivity contribution >= 4 is 27.5 Å². The first-order chi connectivity index (χ1) is 14.4. The van der Waals surface area contributed by atoms with Crippen LogP contribution >= 0.6 is 0 Å². The number of hydrogen-bond acceptors (Lipinski definition) is 4. The van der Waals surface area contributed by atoms with Crippen LogP contribution in [0.5, 0.6) is 0 Å². The fraction of sp³-hybridized carbons (Fsp3) is 0.273. The minimum Gasteiger partial charge on any atom is -0.338 e. The van der Waals surface area contributed by atoms with Crippen LogP contribution in [0.3, 0.4) is 0 Å². The lowest BCUT2D eigenvalue weighted by Gasteiger charge is -2.32. The fourth-order valence-corrected chi connectivity index (χ4v) is 4.26. The molecule has 0 aromatic heterocycles. The Labute approximate surface area is 176 Å². The summed E-state index contributed by atoms with van der Waals surface area (Å²) in [6, 6.07) is 14.9. The maximum absolute atomic E-state index is 12.9. The van der Waals surface area contributed by atoms with E-state index in [0.717, 1.165) is 12.1 Å². The molecule has 7 nitrogen and oxygen atoms in total. The zero-order chi connectivity index (χ0) is 21.6. The molecular weight excluding hydrogens is 402 g/mol. The van der Waals surface area contributed by atoms with Crippen molar-refractivity contribution in [1.29, 1.82) is 0 Å². The van der Waals surface area contributed by atoms with Crippen LogP contribution in [0, 0.1) is 18.3 Å². The average molecular weight is 426 g/mol. The normalized spacial score (nSPS) is 16.5. The maximum atomic E-state index is 12.9. The molecule has 1 aliphatic rings. The molecule has 2 aromatic carbocycles. The standard InChI is InChI=1S/C22H23N3O4S/c1-2-14-23-30(28,29)20-12-10-17(11-13-20)22(27)25-15-6-7-18(16-25)21(26)24-19-8-4-3-5-9-19/h1,3-5,8-13,18,23H,6-7,14-16H2,(H,24,26)/t18-/m1/s1. The van der Waals surface area contributed by atoms with Gasteiger partial charge in [0.2, 0.25) is 15.9 Å². The van der Waals surface area contributed by atoms with Crippen molar-refractivity contribution in [2.75, 3.05) is 25.0 Å². The van der Waals surface area contributed by atoms with Crippen LogP contribution in [0.4, 0.5) is 5.69 Å². The number of rotatable bonds is 6.